The van der Waals surface area contributed by atoms with Gasteiger partial charge in [-0.15, -0.1) is 0 Å². The molecule has 0 radical (unpaired) electrons. The van der Waals surface area contributed by atoms with Crippen LogP contribution in [-0.4, -0.2) is 74.1 Å². The van der Waals surface area contributed by atoms with Crippen LogP contribution in [0, 0.1) is 5.82 Å². The van der Waals surface area contributed by atoms with Crippen LogP contribution in [0.5, 0.6) is 0 Å². The zero-order chi connectivity index (χ0) is 20.3. The molecule has 7 nitrogen and oxygen atoms in total. The summed E-state index contributed by atoms with van der Waals surface area (Å²) in [5.41, 5.74) is -1.46. The van der Waals surface area contributed by atoms with Crippen LogP contribution in [0.3, 0.4) is 0 Å². The molecule has 1 aromatic carbocycles. The average molecular weight is 392 g/mol. The second-order valence-corrected chi connectivity index (χ2v) is 7.28. The Hall–Kier alpha value is -2.32. The van der Waals surface area contributed by atoms with Gasteiger partial charge in [-0.05, 0) is 12.5 Å². The molecule has 0 bridgehead atoms. The lowest BCUT2D eigenvalue weighted by molar-refractivity contribution is -0.143. The van der Waals surface area contributed by atoms with Gasteiger partial charge in [0, 0.05) is 39.2 Å². The van der Waals surface area contributed by atoms with Crippen LogP contribution >= 0.6 is 0 Å². The first kappa shape index (κ1) is 20.4. The highest BCUT2D eigenvalue weighted by Crippen LogP contribution is 2.41. The van der Waals surface area contributed by atoms with Crippen molar-refractivity contribution in [3.63, 3.8) is 0 Å². The third kappa shape index (κ3) is 3.66. The molecule has 2 aliphatic rings. The van der Waals surface area contributed by atoms with Gasteiger partial charge < -0.3 is 14.4 Å². The molecule has 0 aromatic heterocycles. The first-order valence-corrected chi connectivity index (χ1v) is 9.33. The molecule has 2 fully saturated rings. The molecular formula is C20H25FN2O5. The van der Waals surface area contributed by atoms with E-state index in [1.807, 2.05) is 0 Å². The minimum absolute atomic E-state index is 0.0743. The molecule has 3 rings (SSSR count). The molecule has 2 aliphatic heterocycles. The Kier molecular flexibility index (Phi) is 6.10. The summed E-state index contributed by atoms with van der Waals surface area (Å²) in [6.07, 6.45) is 0.202. The topological polar surface area (TPSA) is 76.2 Å². The molecule has 0 aliphatic carbocycles. The van der Waals surface area contributed by atoms with Gasteiger partial charge in [0.2, 0.25) is 17.7 Å². The van der Waals surface area contributed by atoms with Gasteiger partial charge >= 0.3 is 0 Å². The summed E-state index contributed by atoms with van der Waals surface area (Å²) in [5, 5.41) is 0. The monoisotopic (exact) mass is 392 g/mol. The molecule has 1 aromatic rings. The van der Waals surface area contributed by atoms with Gasteiger partial charge in [0.25, 0.3) is 0 Å². The highest BCUT2D eigenvalue weighted by molar-refractivity contribution is 6.10. The molecule has 152 valence electrons. The number of likely N-dealkylation sites (N-methyl/N-ethyl adjacent to an activating group) is 1. The molecule has 2 saturated heterocycles. The molecule has 28 heavy (non-hydrogen) atoms. The second kappa shape index (κ2) is 8.36. The van der Waals surface area contributed by atoms with Gasteiger partial charge in [-0.1, -0.05) is 18.2 Å². The smallest absolute Gasteiger partial charge is 0.241 e. The number of rotatable bonds is 7. The van der Waals surface area contributed by atoms with E-state index < -0.39 is 23.0 Å². The standard InChI is InChI=1S/C20H25FN2O5/c1-22(14-7-9-28-13-14)17(24)11-20(15-5-3-4-6-16(15)21)12-18(25)23(19(20)26)8-10-27-2/h3-6,14H,7-13H2,1-2H3/t14-,20+/m1/s1. The Morgan fingerprint density at radius 1 is 1.39 bits per heavy atom. The maximum Gasteiger partial charge on any atom is 0.241 e. The Morgan fingerprint density at radius 2 is 2.14 bits per heavy atom. The molecule has 0 N–H and O–H groups in total. The van der Waals surface area contributed by atoms with E-state index >= 15 is 0 Å². The summed E-state index contributed by atoms with van der Waals surface area (Å²) in [6.45, 7) is 1.26. The predicted octanol–water partition coefficient (Wildman–Crippen LogP) is 1.11. The predicted molar refractivity (Wildman–Crippen MR) is 97.9 cm³/mol. The van der Waals surface area contributed by atoms with E-state index in [2.05, 4.69) is 0 Å². The lowest BCUT2D eigenvalue weighted by atomic mass is 9.75. The summed E-state index contributed by atoms with van der Waals surface area (Å²) >= 11 is 0. The van der Waals surface area contributed by atoms with Crippen molar-refractivity contribution in [3.05, 3.63) is 35.6 Å². The van der Waals surface area contributed by atoms with Crippen molar-refractivity contribution < 1.29 is 28.2 Å². The van der Waals surface area contributed by atoms with E-state index in [0.717, 1.165) is 4.90 Å². The maximum atomic E-state index is 14.7. The fourth-order valence-corrected chi connectivity index (χ4v) is 3.92. The third-order valence-electron chi connectivity index (χ3n) is 5.62. The number of hydrogen-bond donors (Lipinski definition) is 0. The van der Waals surface area contributed by atoms with Crippen LogP contribution in [0.25, 0.3) is 0 Å². The first-order valence-electron chi connectivity index (χ1n) is 9.33. The maximum absolute atomic E-state index is 14.7. The van der Waals surface area contributed by atoms with Crippen molar-refractivity contribution in [2.24, 2.45) is 0 Å². The molecule has 0 saturated carbocycles. The number of methoxy groups -OCH3 is 1. The second-order valence-electron chi connectivity index (χ2n) is 7.28. The summed E-state index contributed by atoms with van der Waals surface area (Å²) in [4.78, 5) is 41.5. The van der Waals surface area contributed by atoms with Gasteiger partial charge in [0.05, 0.1) is 31.2 Å². The van der Waals surface area contributed by atoms with Crippen molar-refractivity contribution in [2.75, 3.05) is 40.5 Å². The van der Waals surface area contributed by atoms with Gasteiger partial charge in [0.1, 0.15) is 5.82 Å². The van der Waals surface area contributed by atoms with Crippen molar-refractivity contribution in [1.29, 1.82) is 0 Å². The van der Waals surface area contributed by atoms with E-state index in [0.29, 0.717) is 19.6 Å². The molecule has 3 amide bonds. The fraction of sp³-hybridized carbons (Fsp3) is 0.550. The Bertz CT molecular complexity index is 765. The number of nitrogens with zero attached hydrogens (tertiary/aromatic N) is 2. The number of imide groups is 1. The quantitative estimate of drug-likeness (QED) is 0.650. The normalized spacial score (nSPS) is 24.8. The Morgan fingerprint density at radius 3 is 2.79 bits per heavy atom. The Balaban J connectivity index is 1.94. The van der Waals surface area contributed by atoms with E-state index in [1.54, 1.807) is 18.0 Å². The number of halogens is 1. The SMILES string of the molecule is COCCN1C(=O)C[C@@](CC(=O)N(C)[C@@H]2CCOC2)(c2ccccc2F)C1=O. The minimum Gasteiger partial charge on any atom is -0.383 e. The van der Waals surface area contributed by atoms with Crippen LogP contribution in [-0.2, 0) is 29.3 Å². The number of hydrogen-bond acceptors (Lipinski definition) is 5. The molecular weight excluding hydrogens is 367 g/mol. The van der Waals surface area contributed by atoms with Crippen LogP contribution < -0.4 is 0 Å². The zero-order valence-corrected chi connectivity index (χ0v) is 16.2. The van der Waals surface area contributed by atoms with E-state index in [1.165, 1.54) is 25.3 Å². The molecule has 2 heterocycles. The van der Waals surface area contributed by atoms with E-state index in [9.17, 15) is 18.8 Å². The van der Waals surface area contributed by atoms with E-state index in [-0.39, 0.29) is 43.5 Å². The highest BCUT2D eigenvalue weighted by Gasteiger charge is 2.55. The lowest BCUT2D eigenvalue weighted by Gasteiger charge is -2.31. The van der Waals surface area contributed by atoms with Crippen molar-refractivity contribution in [1.82, 2.24) is 9.80 Å². The van der Waals surface area contributed by atoms with Crippen LogP contribution in [0.2, 0.25) is 0 Å². The van der Waals surface area contributed by atoms with Crippen molar-refractivity contribution >= 4 is 17.7 Å². The number of amides is 3. The molecule has 8 heteroatoms. The average Bonchev–Trinajstić information content (AvgIpc) is 3.28. The third-order valence-corrected chi connectivity index (χ3v) is 5.62. The Labute approximate surface area is 163 Å². The largest absolute Gasteiger partial charge is 0.383 e. The van der Waals surface area contributed by atoms with Crippen LogP contribution in [0.4, 0.5) is 4.39 Å². The minimum atomic E-state index is -1.54. The molecule has 2 atom stereocenters. The number of carbonyl (C=O) groups is 3. The van der Waals surface area contributed by atoms with Gasteiger partial charge in [0.15, 0.2) is 0 Å². The molecule has 0 unspecified atom stereocenters. The number of ether oxygens (including phenoxy) is 2. The first-order chi connectivity index (χ1) is 13.4. The molecule has 0 spiro atoms. The number of carbonyl (C=O) groups excluding carboxylic acids is 3. The summed E-state index contributed by atoms with van der Waals surface area (Å²) in [7, 11) is 3.12. The number of likely N-dealkylation sites (tertiary alicyclic amines) is 1. The van der Waals surface area contributed by atoms with Crippen LogP contribution in [0.1, 0.15) is 24.8 Å². The van der Waals surface area contributed by atoms with Gasteiger partial charge in [-0.3, -0.25) is 19.3 Å². The van der Waals surface area contributed by atoms with Crippen molar-refractivity contribution in [3.8, 4) is 0 Å². The summed E-state index contributed by atoms with van der Waals surface area (Å²) < 4.78 is 25.0. The van der Waals surface area contributed by atoms with Gasteiger partial charge in [-0.2, -0.15) is 0 Å². The summed E-state index contributed by atoms with van der Waals surface area (Å²) in [5.74, 6) is -1.89. The van der Waals surface area contributed by atoms with E-state index in [4.69, 9.17) is 9.47 Å². The lowest BCUT2D eigenvalue weighted by Crippen LogP contribution is -2.46. The number of benzene rings is 1. The highest BCUT2D eigenvalue weighted by atomic mass is 19.1. The van der Waals surface area contributed by atoms with Crippen LogP contribution in [0.15, 0.2) is 24.3 Å². The zero-order valence-electron chi connectivity index (χ0n) is 16.2. The fourth-order valence-electron chi connectivity index (χ4n) is 3.92. The summed E-state index contributed by atoms with van der Waals surface area (Å²) in [6, 6.07) is 5.76. The van der Waals surface area contributed by atoms with Gasteiger partial charge in [-0.25, -0.2) is 4.39 Å². The van der Waals surface area contributed by atoms with Crippen molar-refractivity contribution in [2.45, 2.75) is 30.7 Å².